The topological polar surface area (TPSA) is 119 Å². The smallest absolute Gasteiger partial charge is 0.252 e. The highest BCUT2D eigenvalue weighted by Gasteiger charge is 2.40. The van der Waals surface area contributed by atoms with Gasteiger partial charge in [0.25, 0.3) is 5.91 Å². The summed E-state index contributed by atoms with van der Waals surface area (Å²) in [6.45, 7) is 6.42. The van der Waals surface area contributed by atoms with Crippen LogP contribution in [0.25, 0.3) is 0 Å². The van der Waals surface area contributed by atoms with E-state index in [9.17, 15) is 24.9 Å². The SMILES string of the molecule is CO[C@@H](C(=O)N[C@H]1Cc2ccccc2C2CCCCN2C1=O)[C@H](O)[C@@H](O)[C@H](O)/C=C/C(C)(C)C. The number of amides is 2. The summed E-state index contributed by atoms with van der Waals surface area (Å²) in [4.78, 5) is 28.3. The molecule has 1 aromatic rings. The van der Waals surface area contributed by atoms with E-state index < -0.39 is 36.4 Å². The standard InChI is InChI=1S/C26H38N2O6/c1-26(2,3)13-12-20(29)21(30)22(31)23(34-4)24(32)27-18-15-16-9-5-6-10-17(16)19-11-7-8-14-28(19)25(18)33/h5-6,9-10,12-13,18-23,29-31H,7-8,11,14-15H2,1-4H3,(H,27,32)/b13-12+/t18-,19?,20+,21-,22+,23+/m0/s1. The van der Waals surface area contributed by atoms with Crippen LogP contribution in [0.1, 0.15) is 57.2 Å². The second kappa shape index (κ2) is 11.0. The minimum Gasteiger partial charge on any atom is -0.387 e. The molecule has 6 atom stereocenters. The van der Waals surface area contributed by atoms with E-state index in [0.29, 0.717) is 13.0 Å². The van der Waals surface area contributed by atoms with Crippen molar-refractivity contribution in [3.05, 3.63) is 47.5 Å². The third-order valence-electron chi connectivity index (χ3n) is 6.55. The van der Waals surface area contributed by atoms with Gasteiger partial charge in [-0.25, -0.2) is 0 Å². The van der Waals surface area contributed by atoms with E-state index in [1.54, 1.807) is 6.08 Å². The fourth-order valence-corrected chi connectivity index (χ4v) is 4.72. The third kappa shape index (κ3) is 6.05. The second-order valence-corrected chi connectivity index (χ2v) is 10.4. The Morgan fingerprint density at radius 2 is 1.88 bits per heavy atom. The number of carbonyl (C=O) groups excluding carboxylic acids is 2. The lowest BCUT2D eigenvalue weighted by atomic mass is 9.92. The average Bonchev–Trinajstić information content (AvgIpc) is 2.92. The summed E-state index contributed by atoms with van der Waals surface area (Å²) >= 11 is 0. The van der Waals surface area contributed by atoms with Gasteiger partial charge in [-0.3, -0.25) is 9.59 Å². The number of nitrogens with one attached hydrogen (secondary N) is 1. The van der Waals surface area contributed by atoms with Crippen molar-refractivity contribution in [2.45, 2.75) is 83.0 Å². The summed E-state index contributed by atoms with van der Waals surface area (Å²) < 4.78 is 5.19. The van der Waals surface area contributed by atoms with Gasteiger partial charge in [-0.1, -0.05) is 57.2 Å². The Labute approximate surface area is 201 Å². The van der Waals surface area contributed by atoms with Gasteiger partial charge in [-0.2, -0.15) is 0 Å². The Bertz CT molecular complexity index is 896. The van der Waals surface area contributed by atoms with Gasteiger partial charge in [-0.15, -0.1) is 0 Å². The molecule has 0 aliphatic carbocycles. The lowest BCUT2D eigenvalue weighted by Gasteiger charge is -2.36. The largest absolute Gasteiger partial charge is 0.387 e. The summed E-state index contributed by atoms with van der Waals surface area (Å²) in [7, 11) is 1.24. The number of aliphatic hydroxyl groups is 3. The number of fused-ring (bicyclic) bond motifs is 3. The Kier molecular flexibility index (Phi) is 8.52. The second-order valence-electron chi connectivity index (χ2n) is 10.4. The van der Waals surface area contributed by atoms with Crippen molar-refractivity contribution >= 4 is 11.8 Å². The number of hydrogen-bond acceptors (Lipinski definition) is 6. The van der Waals surface area contributed by atoms with Crippen LogP contribution < -0.4 is 5.32 Å². The monoisotopic (exact) mass is 474 g/mol. The molecule has 34 heavy (non-hydrogen) atoms. The first-order valence-corrected chi connectivity index (χ1v) is 12.0. The molecule has 0 spiro atoms. The van der Waals surface area contributed by atoms with E-state index in [-0.39, 0.29) is 17.4 Å². The van der Waals surface area contributed by atoms with E-state index in [4.69, 9.17) is 4.74 Å². The Balaban J connectivity index is 1.76. The van der Waals surface area contributed by atoms with Crippen LogP contribution in [0.15, 0.2) is 36.4 Å². The highest BCUT2D eigenvalue weighted by molar-refractivity contribution is 5.90. The van der Waals surface area contributed by atoms with Crippen molar-refractivity contribution in [2.75, 3.05) is 13.7 Å². The molecule has 4 N–H and O–H groups in total. The number of ether oxygens (including phenoxy) is 1. The van der Waals surface area contributed by atoms with Crippen LogP contribution in [-0.2, 0) is 20.7 Å². The number of hydrogen-bond donors (Lipinski definition) is 4. The molecule has 8 heteroatoms. The minimum absolute atomic E-state index is 0.00487. The zero-order valence-corrected chi connectivity index (χ0v) is 20.5. The number of piperidine rings is 1. The van der Waals surface area contributed by atoms with Gasteiger partial charge in [0.1, 0.15) is 24.4 Å². The first kappa shape index (κ1) is 26.3. The number of benzene rings is 1. The minimum atomic E-state index is -1.69. The predicted molar refractivity (Wildman–Crippen MR) is 128 cm³/mol. The quantitative estimate of drug-likeness (QED) is 0.445. The molecule has 0 bridgehead atoms. The van der Waals surface area contributed by atoms with Crippen molar-refractivity contribution in [1.29, 1.82) is 0 Å². The van der Waals surface area contributed by atoms with Gasteiger partial charge in [-0.05, 0) is 35.8 Å². The third-order valence-corrected chi connectivity index (χ3v) is 6.55. The Hall–Kier alpha value is -2.26. The predicted octanol–water partition coefficient (Wildman–Crippen LogP) is 1.48. The van der Waals surface area contributed by atoms with Crippen LogP contribution in [0.2, 0.25) is 0 Å². The van der Waals surface area contributed by atoms with Crippen LogP contribution in [0.4, 0.5) is 0 Å². The number of aliphatic hydroxyl groups excluding tert-OH is 3. The number of rotatable bonds is 7. The molecule has 2 amide bonds. The lowest BCUT2D eigenvalue weighted by Crippen LogP contribution is -2.56. The van der Waals surface area contributed by atoms with Crippen molar-refractivity contribution < 1.29 is 29.6 Å². The van der Waals surface area contributed by atoms with Crippen LogP contribution in [0.5, 0.6) is 0 Å². The van der Waals surface area contributed by atoms with Crippen LogP contribution in [0, 0.1) is 5.41 Å². The molecule has 0 aromatic heterocycles. The molecule has 0 radical (unpaired) electrons. The maximum absolute atomic E-state index is 13.4. The molecule has 2 aliphatic rings. The van der Waals surface area contributed by atoms with Gasteiger partial charge in [0.05, 0.1) is 6.04 Å². The van der Waals surface area contributed by atoms with Crippen molar-refractivity contribution in [3.8, 4) is 0 Å². The molecule has 1 fully saturated rings. The maximum Gasteiger partial charge on any atom is 0.252 e. The molecule has 8 nitrogen and oxygen atoms in total. The average molecular weight is 475 g/mol. The first-order valence-electron chi connectivity index (χ1n) is 12.0. The highest BCUT2D eigenvalue weighted by atomic mass is 16.5. The molecule has 188 valence electrons. The zero-order valence-electron chi connectivity index (χ0n) is 20.5. The Morgan fingerprint density at radius 1 is 1.18 bits per heavy atom. The molecule has 2 aliphatic heterocycles. The summed E-state index contributed by atoms with van der Waals surface area (Å²) in [5.41, 5.74) is 1.89. The normalized spacial score (nSPS) is 24.6. The van der Waals surface area contributed by atoms with Gasteiger partial charge in [0.15, 0.2) is 6.10 Å². The van der Waals surface area contributed by atoms with E-state index in [0.717, 1.165) is 30.4 Å². The zero-order chi connectivity index (χ0) is 25.0. The molecule has 1 aromatic carbocycles. The number of allylic oxidation sites excluding steroid dienone is 1. The lowest BCUT2D eigenvalue weighted by molar-refractivity contribution is -0.152. The molecular formula is C26H38N2O6. The fourth-order valence-electron chi connectivity index (χ4n) is 4.72. The van der Waals surface area contributed by atoms with E-state index in [2.05, 4.69) is 5.32 Å². The van der Waals surface area contributed by atoms with Gasteiger partial charge in [0, 0.05) is 20.1 Å². The number of methoxy groups -OCH3 is 1. The highest BCUT2D eigenvalue weighted by Crippen LogP contribution is 2.36. The summed E-state index contributed by atoms with van der Waals surface area (Å²) in [6, 6.07) is 7.09. The summed E-state index contributed by atoms with van der Waals surface area (Å²) in [5, 5.41) is 34.1. The molecule has 1 saturated heterocycles. The van der Waals surface area contributed by atoms with E-state index in [1.807, 2.05) is 49.9 Å². The van der Waals surface area contributed by atoms with Gasteiger partial charge in [0.2, 0.25) is 5.91 Å². The van der Waals surface area contributed by atoms with E-state index >= 15 is 0 Å². The summed E-state index contributed by atoms with van der Waals surface area (Å²) in [6.07, 6.45) is 0.0862. The van der Waals surface area contributed by atoms with Crippen molar-refractivity contribution in [1.82, 2.24) is 10.2 Å². The van der Waals surface area contributed by atoms with Crippen LogP contribution in [-0.4, -0.2) is 76.1 Å². The first-order chi connectivity index (χ1) is 16.0. The molecular weight excluding hydrogens is 436 g/mol. The molecule has 2 heterocycles. The van der Waals surface area contributed by atoms with E-state index in [1.165, 1.54) is 13.2 Å². The van der Waals surface area contributed by atoms with Gasteiger partial charge < -0.3 is 30.3 Å². The summed E-state index contributed by atoms with van der Waals surface area (Å²) in [5.74, 6) is -0.875. The maximum atomic E-state index is 13.4. The molecule has 1 unspecified atom stereocenters. The molecule has 3 rings (SSSR count). The van der Waals surface area contributed by atoms with Gasteiger partial charge >= 0.3 is 0 Å². The Morgan fingerprint density at radius 3 is 2.56 bits per heavy atom. The number of carbonyl (C=O) groups is 2. The van der Waals surface area contributed by atoms with Crippen molar-refractivity contribution in [3.63, 3.8) is 0 Å². The van der Waals surface area contributed by atoms with Crippen molar-refractivity contribution in [2.24, 2.45) is 5.41 Å². The van der Waals surface area contributed by atoms with Crippen LogP contribution in [0.3, 0.4) is 0 Å². The molecule has 0 saturated carbocycles. The number of nitrogens with zero attached hydrogens (tertiary/aromatic N) is 1. The van der Waals surface area contributed by atoms with Crippen LogP contribution >= 0.6 is 0 Å². The fraction of sp³-hybridized carbons (Fsp3) is 0.615.